The van der Waals surface area contributed by atoms with E-state index in [1.54, 1.807) is 0 Å². The summed E-state index contributed by atoms with van der Waals surface area (Å²) in [6.45, 7) is 16.4. The van der Waals surface area contributed by atoms with Gasteiger partial charge in [-0.25, -0.2) is 4.39 Å². The molecule has 0 spiro atoms. The lowest BCUT2D eigenvalue weighted by molar-refractivity contribution is 0.540. The number of hydrogen-bond donors (Lipinski definition) is 1. The molecule has 1 aromatic carbocycles. The van der Waals surface area contributed by atoms with Crippen LogP contribution in [0.15, 0.2) is 24.3 Å². The normalized spacial score (nSPS) is 10.7. The van der Waals surface area contributed by atoms with Gasteiger partial charge in [0.05, 0.1) is 0 Å². The molecule has 0 aliphatic rings. The summed E-state index contributed by atoms with van der Waals surface area (Å²) in [6, 6.07) is 3.42. The van der Waals surface area contributed by atoms with Gasteiger partial charge in [-0.2, -0.15) is 0 Å². The third-order valence-corrected chi connectivity index (χ3v) is 3.39. The molecule has 0 aliphatic heterocycles. The Morgan fingerprint density at radius 1 is 1.32 bits per heavy atom. The van der Waals surface area contributed by atoms with E-state index in [1.807, 2.05) is 33.8 Å². The molecule has 0 amide bonds. The zero-order valence-corrected chi connectivity index (χ0v) is 13.2. The molecule has 108 valence electrons. The van der Waals surface area contributed by atoms with Gasteiger partial charge < -0.3 is 5.73 Å². The van der Waals surface area contributed by atoms with Crippen molar-refractivity contribution in [2.75, 3.05) is 0 Å². The number of halogens is 1. The highest BCUT2D eigenvalue weighted by molar-refractivity contribution is 5.40. The van der Waals surface area contributed by atoms with E-state index >= 15 is 0 Å². The van der Waals surface area contributed by atoms with Crippen molar-refractivity contribution < 1.29 is 4.39 Å². The van der Waals surface area contributed by atoms with E-state index in [9.17, 15) is 4.39 Å². The van der Waals surface area contributed by atoms with Crippen molar-refractivity contribution in [3.63, 3.8) is 0 Å². The van der Waals surface area contributed by atoms with Crippen LogP contribution < -0.4 is 5.73 Å². The van der Waals surface area contributed by atoms with Gasteiger partial charge in [-0.05, 0) is 36.6 Å². The molecule has 0 fully saturated rings. The van der Waals surface area contributed by atoms with Crippen molar-refractivity contribution in [1.82, 2.24) is 0 Å². The topological polar surface area (TPSA) is 26.0 Å². The summed E-state index contributed by atoms with van der Waals surface area (Å²) in [6.07, 6.45) is 1.25. The summed E-state index contributed by atoms with van der Waals surface area (Å²) in [7, 11) is 0. The predicted octanol–water partition coefficient (Wildman–Crippen LogP) is 4.86. The molecule has 0 saturated carbocycles. The van der Waals surface area contributed by atoms with Crippen molar-refractivity contribution in [3.05, 3.63) is 46.8 Å². The molecule has 19 heavy (non-hydrogen) atoms. The molecule has 0 aromatic heterocycles. The Kier molecular flexibility index (Phi) is 6.99. The summed E-state index contributed by atoms with van der Waals surface area (Å²) in [5.41, 5.74) is 8.74. The van der Waals surface area contributed by atoms with Crippen LogP contribution in [0, 0.1) is 12.7 Å². The summed E-state index contributed by atoms with van der Waals surface area (Å²) in [5, 5.41) is 0. The second-order valence-corrected chi connectivity index (χ2v) is 5.58. The Bertz CT molecular complexity index is 433. The van der Waals surface area contributed by atoms with Gasteiger partial charge in [-0.1, -0.05) is 52.3 Å². The minimum absolute atomic E-state index is 0.195. The van der Waals surface area contributed by atoms with Crippen molar-refractivity contribution in [1.29, 1.82) is 0 Å². The second kappa shape index (κ2) is 7.44. The molecule has 1 aromatic rings. The average molecular weight is 265 g/mol. The standard InChI is InChI=1S/C14H20FN.C3H8/c1-9(2)14(4,5)12-6-10(3)11(8-16)7-13(12)15;1-3-2/h6-7H,1,8,16H2,2-5H3;3H2,1-2H3. The zero-order chi connectivity index (χ0) is 15.2. The first-order valence-electron chi connectivity index (χ1n) is 6.87. The van der Waals surface area contributed by atoms with Crippen LogP contribution in [-0.4, -0.2) is 0 Å². The minimum Gasteiger partial charge on any atom is -0.326 e. The lowest BCUT2D eigenvalue weighted by atomic mass is 9.78. The molecule has 0 saturated heterocycles. The molecular formula is C17H28FN. The molecule has 1 rings (SSSR count). The Morgan fingerprint density at radius 3 is 2.16 bits per heavy atom. The second-order valence-electron chi connectivity index (χ2n) is 5.58. The molecule has 0 heterocycles. The third kappa shape index (κ3) is 4.46. The Hall–Kier alpha value is -1.15. The molecule has 0 atom stereocenters. The highest BCUT2D eigenvalue weighted by atomic mass is 19.1. The molecule has 0 unspecified atom stereocenters. The fraction of sp³-hybridized carbons (Fsp3) is 0.529. The predicted molar refractivity (Wildman–Crippen MR) is 82.8 cm³/mol. The summed E-state index contributed by atoms with van der Waals surface area (Å²) in [5.74, 6) is -0.195. The van der Waals surface area contributed by atoms with E-state index in [0.717, 1.165) is 16.7 Å². The van der Waals surface area contributed by atoms with Crippen molar-refractivity contribution in [3.8, 4) is 0 Å². The summed E-state index contributed by atoms with van der Waals surface area (Å²) in [4.78, 5) is 0. The van der Waals surface area contributed by atoms with Gasteiger partial charge in [0.15, 0.2) is 0 Å². The molecule has 2 heteroatoms. The van der Waals surface area contributed by atoms with Gasteiger partial charge in [0.1, 0.15) is 5.82 Å². The van der Waals surface area contributed by atoms with Crippen LogP contribution in [0.3, 0.4) is 0 Å². The first kappa shape index (κ1) is 17.8. The molecule has 0 aliphatic carbocycles. The largest absolute Gasteiger partial charge is 0.326 e. The third-order valence-electron chi connectivity index (χ3n) is 3.39. The highest BCUT2D eigenvalue weighted by Gasteiger charge is 2.25. The summed E-state index contributed by atoms with van der Waals surface area (Å²) < 4.78 is 14.0. The van der Waals surface area contributed by atoms with Crippen LogP contribution in [0.25, 0.3) is 0 Å². The minimum atomic E-state index is -0.345. The van der Waals surface area contributed by atoms with Crippen LogP contribution >= 0.6 is 0 Å². The maximum atomic E-state index is 14.0. The number of hydrogen-bond acceptors (Lipinski definition) is 1. The molecule has 2 N–H and O–H groups in total. The lowest BCUT2D eigenvalue weighted by Crippen LogP contribution is -2.20. The monoisotopic (exact) mass is 265 g/mol. The first-order valence-corrected chi connectivity index (χ1v) is 6.87. The van der Waals surface area contributed by atoms with Crippen LogP contribution in [0.2, 0.25) is 0 Å². The number of nitrogens with two attached hydrogens (primary N) is 1. The van der Waals surface area contributed by atoms with E-state index in [0.29, 0.717) is 12.1 Å². The van der Waals surface area contributed by atoms with Gasteiger partial charge in [-0.3, -0.25) is 0 Å². The van der Waals surface area contributed by atoms with Gasteiger partial charge in [0, 0.05) is 12.0 Å². The number of benzene rings is 1. The van der Waals surface area contributed by atoms with Crippen molar-refractivity contribution in [2.45, 2.75) is 59.9 Å². The van der Waals surface area contributed by atoms with E-state index < -0.39 is 0 Å². The van der Waals surface area contributed by atoms with Gasteiger partial charge in [0.25, 0.3) is 0 Å². The molecular weight excluding hydrogens is 237 g/mol. The SMILES string of the molecule is C=C(C)C(C)(C)c1cc(C)c(CN)cc1F.CCC. The first-order chi connectivity index (χ1) is 8.72. The highest BCUT2D eigenvalue weighted by Crippen LogP contribution is 2.33. The van der Waals surface area contributed by atoms with E-state index in [1.165, 1.54) is 12.5 Å². The van der Waals surface area contributed by atoms with E-state index in [4.69, 9.17) is 5.73 Å². The van der Waals surface area contributed by atoms with Crippen molar-refractivity contribution >= 4 is 0 Å². The summed E-state index contributed by atoms with van der Waals surface area (Å²) >= 11 is 0. The van der Waals surface area contributed by atoms with Crippen LogP contribution in [-0.2, 0) is 12.0 Å². The maximum Gasteiger partial charge on any atom is 0.127 e. The quantitative estimate of drug-likeness (QED) is 0.776. The Balaban J connectivity index is 0.000000982. The number of allylic oxidation sites excluding steroid dienone is 1. The maximum absolute atomic E-state index is 14.0. The van der Waals surface area contributed by atoms with Gasteiger partial charge >= 0.3 is 0 Å². The van der Waals surface area contributed by atoms with Crippen molar-refractivity contribution in [2.24, 2.45) is 5.73 Å². The van der Waals surface area contributed by atoms with Crippen LogP contribution in [0.5, 0.6) is 0 Å². The fourth-order valence-corrected chi connectivity index (χ4v) is 1.65. The van der Waals surface area contributed by atoms with E-state index in [-0.39, 0.29) is 11.2 Å². The molecule has 1 nitrogen and oxygen atoms in total. The molecule has 0 radical (unpaired) electrons. The van der Waals surface area contributed by atoms with Gasteiger partial charge in [-0.15, -0.1) is 0 Å². The fourth-order valence-electron chi connectivity index (χ4n) is 1.65. The van der Waals surface area contributed by atoms with E-state index in [2.05, 4.69) is 20.4 Å². The van der Waals surface area contributed by atoms with Crippen LogP contribution in [0.1, 0.15) is 57.7 Å². The smallest absolute Gasteiger partial charge is 0.127 e. The lowest BCUT2D eigenvalue weighted by Gasteiger charge is -2.27. The van der Waals surface area contributed by atoms with Crippen LogP contribution in [0.4, 0.5) is 4.39 Å². The zero-order valence-electron chi connectivity index (χ0n) is 13.2. The number of aryl methyl sites for hydroxylation is 1. The molecule has 0 bridgehead atoms. The van der Waals surface area contributed by atoms with Gasteiger partial charge in [0.2, 0.25) is 0 Å². The average Bonchev–Trinajstić information content (AvgIpc) is 2.32. The Labute approximate surface area is 117 Å². The number of rotatable bonds is 3. The Morgan fingerprint density at radius 2 is 1.79 bits per heavy atom.